The Hall–Kier alpha value is -0.120. The molecule has 0 aliphatic carbocycles. The van der Waals surface area contributed by atoms with Crippen molar-refractivity contribution in [2.45, 2.75) is 38.6 Å². The van der Waals surface area contributed by atoms with Gasteiger partial charge >= 0.3 is 0 Å². The van der Waals surface area contributed by atoms with Gasteiger partial charge in [-0.05, 0) is 51.2 Å². The summed E-state index contributed by atoms with van der Waals surface area (Å²) in [5.74, 6) is 0.951. The second kappa shape index (κ2) is 6.58. The molecular formula is C13H27N3. The smallest absolute Gasteiger partial charge is 0.0192 e. The van der Waals surface area contributed by atoms with E-state index in [1.165, 1.54) is 51.9 Å². The predicted octanol–water partition coefficient (Wildman–Crippen LogP) is 1.06. The number of rotatable bonds is 5. The third-order valence-electron chi connectivity index (χ3n) is 4.03. The molecule has 2 fully saturated rings. The van der Waals surface area contributed by atoms with Crippen molar-refractivity contribution in [3.05, 3.63) is 0 Å². The highest BCUT2D eigenvalue weighted by atomic mass is 15.1. The largest absolute Gasteiger partial charge is 0.314 e. The highest BCUT2D eigenvalue weighted by molar-refractivity contribution is 4.76. The summed E-state index contributed by atoms with van der Waals surface area (Å²) >= 11 is 0. The normalized spacial score (nSPS) is 28.7. The molecule has 94 valence electrons. The lowest BCUT2D eigenvalue weighted by Crippen LogP contribution is -2.40. The topological polar surface area (TPSA) is 27.3 Å². The number of nitrogens with zero attached hydrogens (tertiary/aromatic N) is 1. The molecule has 1 atom stereocenters. The third-order valence-corrected chi connectivity index (χ3v) is 4.03. The number of likely N-dealkylation sites (tertiary alicyclic amines) is 1. The SMILES string of the molecule is CC1CCN(CCNCC2CCCN2)CC1. The fourth-order valence-electron chi connectivity index (χ4n) is 2.73. The van der Waals surface area contributed by atoms with Gasteiger partial charge in [0, 0.05) is 25.7 Å². The van der Waals surface area contributed by atoms with Gasteiger partial charge in [-0.1, -0.05) is 6.92 Å². The van der Waals surface area contributed by atoms with E-state index in [1.54, 1.807) is 0 Å². The van der Waals surface area contributed by atoms with Gasteiger partial charge in [0.1, 0.15) is 0 Å². The van der Waals surface area contributed by atoms with Crippen LogP contribution in [0.25, 0.3) is 0 Å². The van der Waals surface area contributed by atoms with Crippen LogP contribution in [0.5, 0.6) is 0 Å². The first-order valence-electron chi connectivity index (χ1n) is 7.01. The highest BCUT2D eigenvalue weighted by Crippen LogP contribution is 2.15. The van der Waals surface area contributed by atoms with Crippen molar-refractivity contribution in [1.29, 1.82) is 0 Å². The van der Waals surface area contributed by atoms with E-state index in [2.05, 4.69) is 22.5 Å². The van der Waals surface area contributed by atoms with E-state index in [-0.39, 0.29) is 0 Å². The number of hydrogen-bond acceptors (Lipinski definition) is 3. The molecule has 0 bridgehead atoms. The molecule has 0 aromatic carbocycles. The molecule has 2 heterocycles. The molecule has 3 nitrogen and oxygen atoms in total. The van der Waals surface area contributed by atoms with Crippen LogP contribution in [0.4, 0.5) is 0 Å². The minimum atomic E-state index is 0.737. The first-order valence-corrected chi connectivity index (χ1v) is 7.01. The second-order valence-corrected chi connectivity index (χ2v) is 5.52. The Balaban J connectivity index is 1.48. The average Bonchev–Trinajstić information content (AvgIpc) is 2.80. The average molecular weight is 225 g/mol. The van der Waals surface area contributed by atoms with Gasteiger partial charge in [0.15, 0.2) is 0 Å². The van der Waals surface area contributed by atoms with E-state index in [9.17, 15) is 0 Å². The molecule has 3 heteroatoms. The van der Waals surface area contributed by atoms with Gasteiger partial charge in [0.25, 0.3) is 0 Å². The van der Waals surface area contributed by atoms with Crippen LogP contribution in [0.3, 0.4) is 0 Å². The Morgan fingerprint density at radius 1 is 1.25 bits per heavy atom. The van der Waals surface area contributed by atoms with Crippen molar-refractivity contribution in [3.8, 4) is 0 Å². The van der Waals surface area contributed by atoms with E-state index in [0.29, 0.717) is 0 Å². The lowest BCUT2D eigenvalue weighted by molar-refractivity contribution is 0.193. The molecule has 0 aromatic rings. The maximum absolute atomic E-state index is 3.58. The van der Waals surface area contributed by atoms with Gasteiger partial charge in [-0.15, -0.1) is 0 Å². The van der Waals surface area contributed by atoms with E-state index in [4.69, 9.17) is 0 Å². The fraction of sp³-hybridized carbons (Fsp3) is 1.00. The molecule has 0 amide bonds. The van der Waals surface area contributed by atoms with E-state index >= 15 is 0 Å². The van der Waals surface area contributed by atoms with Gasteiger partial charge in [0.2, 0.25) is 0 Å². The summed E-state index contributed by atoms with van der Waals surface area (Å²) in [6.07, 6.45) is 5.50. The number of nitrogens with one attached hydrogen (secondary N) is 2. The van der Waals surface area contributed by atoms with Gasteiger partial charge in [-0.3, -0.25) is 0 Å². The van der Waals surface area contributed by atoms with E-state index in [0.717, 1.165) is 25.0 Å². The summed E-state index contributed by atoms with van der Waals surface area (Å²) in [4.78, 5) is 2.61. The third kappa shape index (κ3) is 4.04. The van der Waals surface area contributed by atoms with Gasteiger partial charge in [-0.2, -0.15) is 0 Å². The molecule has 0 radical (unpaired) electrons. The van der Waals surface area contributed by atoms with Crippen LogP contribution in [0, 0.1) is 5.92 Å². The molecule has 2 aliphatic heterocycles. The molecule has 2 saturated heterocycles. The van der Waals surface area contributed by atoms with Gasteiger partial charge in [-0.25, -0.2) is 0 Å². The van der Waals surface area contributed by atoms with Crippen molar-refractivity contribution >= 4 is 0 Å². The summed E-state index contributed by atoms with van der Waals surface area (Å²) in [6, 6.07) is 0.737. The van der Waals surface area contributed by atoms with Crippen molar-refractivity contribution in [2.75, 3.05) is 39.3 Å². The predicted molar refractivity (Wildman–Crippen MR) is 68.7 cm³/mol. The summed E-state index contributed by atoms with van der Waals surface area (Å²) in [6.45, 7) is 9.77. The minimum absolute atomic E-state index is 0.737. The van der Waals surface area contributed by atoms with Crippen LogP contribution in [-0.4, -0.2) is 50.2 Å². The van der Waals surface area contributed by atoms with Crippen molar-refractivity contribution in [1.82, 2.24) is 15.5 Å². The Labute approximate surface area is 100.0 Å². The number of hydrogen-bond donors (Lipinski definition) is 2. The van der Waals surface area contributed by atoms with Gasteiger partial charge in [0.05, 0.1) is 0 Å². The van der Waals surface area contributed by atoms with E-state index < -0.39 is 0 Å². The molecule has 16 heavy (non-hydrogen) atoms. The minimum Gasteiger partial charge on any atom is -0.314 e. The molecule has 0 saturated carbocycles. The Morgan fingerprint density at radius 2 is 2.06 bits per heavy atom. The van der Waals surface area contributed by atoms with Crippen LogP contribution in [0.15, 0.2) is 0 Å². The van der Waals surface area contributed by atoms with E-state index in [1.807, 2.05) is 0 Å². The summed E-state index contributed by atoms with van der Waals surface area (Å²) < 4.78 is 0. The Kier molecular flexibility index (Phi) is 5.07. The van der Waals surface area contributed by atoms with Crippen LogP contribution in [-0.2, 0) is 0 Å². The zero-order valence-electron chi connectivity index (χ0n) is 10.7. The molecule has 0 aromatic heterocycles. The van der Waals surface area contributed by atoms with Crippen molar-refractivity contribution in [3.63, 3.8) is 0 Å². The first kappa shape index (κ1) is 12.3. The van der Waals surface area contributed by atoms with Crippen LogP contribution in [0.2, 0.25) is 0 Å². The molecular weight excluding hydrogens is 198 g/mol. The molecule has 0 spiro atoms. The van der Waals surface area contributed by atoms with Crippen molar-refractivity contribution in [2.24, 2.45) is 5.92 Å². The zero-order chi connectivity index (χ0) is 11.2. The second-order valence-electron chi connectivity index (χ2n) is 5.52. The lowest BCUT2D eigenvalue weighted by Gasteiger charge is -2.30. The standard InChI is InChI=1S/C13H27N3/c1-12-4-8-16(9-5-12)10-7-14-11-13-3-2-6-15-13/h12-15H,2-11H2,1H3. The Bertz CT molecular complexity index is 182. The number of piperidine rings is 1. The quantitative estimate of drug-likeness (QED) is 0.685. The van der Waals surface area contributed by atoms with Gasteiger partial charge < -0.3 is 15.5 Å². The zero-order valence-corrected chi connectivity index (χ0v) is 10.7. The highest BCUT2D eigenvalue weighted by Gasteiger charge is 2.15. The lowest BCUT2D eigenvalue weighted by atomic mass is 9.99. The Morgan fingerprint density at radius 3 is 2.75 bits per heavy atom. The maximum atomic E-state index is 3.58. The van der Waals surface area contributed by atoms with Crippen LogP contribution >= 0.6 is 0 Å². The van der Waals surface area contributed by atoms with Crippen LogP contribution < -0.4 is 10.6 Å². The fourth-order valence-corrected chi connectivity index (χ4v) is 2.73. The first-order chi connectivity index (χ1) is 7.84. The summed E-state index contributed by atoms with van der Waals surface area (Å²) in [5, 5.41) is 7.11. The molecule has 2 aliphatic rings. The van der Waals surface area contributed by atoms with Crippen LogP contribution in [0.1, 0.15) is 32.6 Å². The maximum Gasteiger partial charge on any atom is 0.0192 e. The molecule has 1 unspecified atom stereocenters. The molecule has 2 N–H and O–H groups in total. The summed E-state index contributed by atoms with van der Waals surface area (Å²) in [5.41, 5.74) is 0. The van der Waals surface area contributed by atoms with Crippen molar-refractivity contribution < 1.29 is 0 Å². The monoisotopic (exact) mass is 225 g/mol. The summed E-state index contributed by atoms with van der Waals surface area (Å²) in [7, 11) is 0. The molecule has 2 rings (SSSR count).